The van der Waals surface area contributed by atoms with Crippen molar-refractivity contribution in [3.05, 3.63) is 199 Å². The van der Waals surface area contributed by atoms with Gasteiger partial charge in [-0.25, -0.2) is 0 Å². The van der Waals surface area contributed by atoms with E-state index in [2.05, 4.69) is 238 Å². The minimum Gasteiger partial charge on any atom is -0.454 e. The van der Waals surface area contributed by atoms with Gasteiger partial charge < -0.3 is 19.1 Å². The molecule has 0 bridgehead atoms. The zero-order valence-electron chi connectivity index (χ0n) is 42.4. The van der Waals surface area contributed by atoms with E-state index in [9.17, 15) is 0 Å². The molecule has 6 heteroatoms. The topological polar surface area (TPSA) is 22.9 Å². The Morgan fingerprint density at radius 3 is 2.05 bits per heavy atom. The van der Waals surface area contributed by atoms with Crippen LogP contribution < -0.4 is 31.1 Å². The number of fused-ring (bicyclic) bond motifs is 13. The molecule has 1 fully saturated rings. The quantitative estimate of drug-likeness (QED) is 0.164. The average molecular weight is 962 g/mol. The van der Waals surface area contributed by atoms with E-state index in [4.69, 9.17) is 4.42 Å². The molecule has 2 unspecified atom stereocenters. The fraction of sp³-hybridized carbons (Fsp3) is 0.194. The Hall–Kier alpha value is -7.54. The molecule has 4 nitrogen and oxygen atoms in total. The summed E-state index contributed by atoms with van der Waals surface area (Å²) < 4.78 is 9.65. The fourth-order valence-electron chi connectivity index (χ4n) is 14.0. The fourth-order valence-corrected chi connectivity index (χ4v) is 15.2. The Balaban J connectivity index is 1.02. The van der Waals surface area contributed by atoms with Gasteiger partial charge >= 0.3 is 0 Å². The van der Waals surface area contributed by atoms with E-state index in [0.29, 0.717) is 0 Å². The predicted molar refractivity (Wildman–Crippen MR) is 312 cm³/mol. The summed E-state index contributed by atoms with van der Waals surface area (Å²) >= 11 is 1.90. The maximum Gasteiger partial charge on any atom is 0.252 e. The molecular weight excluding hydrogens is 906 g/mol. The maximum atomic E-state index is 7.03. The Labute approximate surface area is 432 Å². The summed E-state index contributed by atoms with van der Waals surface area (Å²) in [5.41, 5.74) is 21.8. The molecule has 1 aliphatic carbocycles. The highest BCUT2D eigenvalue weighted by Crippen LogP contribution is 2.62. The van der Waals surface area contributed by atoms with Crippen LogP contribution in [0.5, 0.6) is 0 Å². The first-order valence-corrected chi connectivity index (χ1v) is 27.1. The number of furan rings is 1. The summed E-state index contributed by atoms with van der Waals surface area (Å²) in [5.74, 6) is 0. The summed E-state index contributed by atoms with van der Waals surface area (Å²) in [6, 6.07) is 69.1. The number of rotatable bonds is 4. The molecule has 9 aromatic carbocycles. The molecule has 15 rings (SSSR count). The van der Waals surface area contributed by atoms with Gasteiger partial charge in [-0.3, -0.25) is 0 Å². The zero-order valence-corrected chi connectivity index (χ0v) is 43.2. The molecule has 3 aliphatic heterocycles. The average Bonchev–Trinajstić information content (AvgIpc) is 4.04. The van der Waals surface area contributed by atoms with Gasteiger partial charge in [-0.2, -0.15) is 0 Å². The van der Waals surface area contributed by atoms with Crippen molar-refractivity contribution in [3.63, 3.8) is 0 Å². The lowest BCUT2D eigenvalue weighted by Gasteiger charge is -2.50. The molecule has 73 heavy (non-hydrogen) atoms. The Kier molecular flexibility index (Phi) is 9.00. The largest absolute Gasteiger partial charge is 0.454 e. The number of aryl methyl sites for hydroxylation is 1. The second kappa shape index (κ2) is 15.3. The van der Waals surface area contributed by atoms with E-state index >= 15 is 0 Å². The van der Waals surface area contributed by atoms with E-state index in [1.54, 1.807) is 0 Å². The van der Waals surface area contributed by atoms with Crippen LogP contribution in [-0.4, -0.2) is 12.3 Å². The molecule has 4 aliphatic rings. The maximum absolute atomic E-state index is 7.03. The Morgan fingerprint density at radius 2 is 1.23 bits per heavy atom. The normalized spacial score (nSPS) is 18.9. The number of hydrogen-bond donors (Lipinski definition) is 0. The van der Waals surface area contributed by atoms with Crippen molar-refractivity contribution in [1.29, 1.82) is 0 Å². The van der Waals surface area contributed by atoms with Gasteiger partial charge in [0.1, 0.15) is 5.58 Å². The molecule has 5 heterocycles. The van der Waals surface area contributed by atoms with Crippen molar-refractivity contribution in [1.82, 2.24) is 0 Å². The first kappa shape index (κ1) is 43.1. The molecular formula is C67H56BN3OS. The van der Waals surface area contributed by atoms with Crippen molar-refractivity contribution >= 4 is 122 Å². The molecule has 0 spiro atoms. The summed E-state index contributed by atoms with van der Waals surface area (Å²) in [6.07, 6.45) is 4.73. The number of para-hydroxylation sites is 2. The summed E-state index contributed by atoms with van der Waals surface area (Å²) in [4.78, 5) is 7.95. The van der Waals surface area contributed by atoms with Crippen LogP contribution >= 0.6 is 11.3 Å². The number of hydrogen-bond acceptors (Lipinski definition) is 5. The van der Waals surface area contributed by atoms with Gasteiger partial charge in [0.05, 0.1) is 21.6 Å². The van der Waals surface area contributed by atoms with E-state index in [1.165, 1.54) is 117 Å². The minimum atomic E-state index is -0.135. The van der Waals surface area contributed by atoms with E-state index in [-0.39, 0.29) is 23.1 Å². The smallest absolute Gasteiger partial charge is 0.252 e. The van der Waals surface area contributed by atoms with Gasteiger partial charge in [-0.15, -0.1) is 11.3 Å². The van der Waals surface area contributed by atoms with Gasteiger partial charge in [0.25, 0.3) is 6.71 Å². The molecule has 0 amide bonds. The first-order valence-electron chi connectivity index (χ1n) is 26.3. The van der Waals surface area contributed by atoms with Crippen LogP contribution in [0, 0.1) is 6.92 Å². The highest BCUT2D eigenvalue weighted by molar-refractivity contribution is 7.26. The third kappa shape index (κ3) is 5.96. The predicted octanol–water partition coefficient (Wildman–Crippen LogP) is 17.1. The SMILES string of the molecule is Cc1cc2c3c(c1)N(c1cccc4c1sc1ccccc14)c1ccc(C(C)(C)C)cc1B3c1ccc(N3c4ccc(-c5ccccc5)cc4C4(C)CCCCC34C)cc1N2c1cccc2c1oc1ccccc12. The van der Waals surface area contributed by atoms with E-state index < -0.39 is 0 Å². The van der Waals surface area contributed by atoms with Gasteiger partial charge in [0.2, 0.25) is 0 Å². The van der Waals surface area contributed by atoms with Crippen LogP contribution in [0.25, 0.3) is 53.2 Å². The van der Waals surface area contributed by atoms with E-state index in [0.717, 1.165) is 40.5 Å². The van der Waals surface area contributed by atoms with Gasteiger partial charge in [-0.05, 0) is 143 Å². The number of nitrogens with zero attached hydrogens (tertiary/aromatic N) is 3. The molecule has 2 atom stereocenters. The van der Waals surface area contributed by atoms with Crippen molar-refractivity contribution < 1.29 is 4.42 Å². The molecule has 354 valence electrons. The molecule has 1 saturated carbocycles. The Bertz CT molecular complexity index is 4130. The van der Waals surface area contributed by atoms with Crippen LogP contribution in [-0.2, 0) is 10.8 Å². The highest BCUT2D eigenvalue weighted by Gasteiger charge is 2.58. The summed E-state index contributed by atoms with van der Waals surface area (Å²) in [5, 5.41) is 4.87. The third-order valence-corrected chi connectivity index (χ3v) is 19.0. The van der Waals surface area contributed by atoms with Crippen LogP contribution in [0.15, 0.2) is 186 Å². The van der Waals surface area contributed by atoms with Gasteiger partial charge in [-0.1, -0.05) is 156 Å². The second-order valence-electron chi connectivity index (χ2n) is 22.8. The van der Waals surface area contributed by atoms with Crippen LogP contribution in [0.2, 0.25) is 0 Å². The van der Waals surface area contributed by atoms with Crippen molar-refractivity contribution in [2.45, 2.75) is 83.6 Å². The standard InChI is InChI=1S/C67H56BN3OS/c1-41-36-58-62-59(37-41)70(55-24-16-22-48-46-20-10-12-26-60(46)72-63(48)55)57-40-45(71-53-32-28-43(42-18-8-7-9-19-42)38-50(53)66(5)34-14-15-35-67(66,71)6)30-31-51(57)68(62)52-39-44(65(2,3)4)29-33-54(52)69(58)56-25-17-23-49-47-21-11-13-27-61(47)73-64(49)56/h7-13,16-33,36-40H,14-15,34-35H2,1-6H3. The minimum absolute atomic E-state index is 0.0359. The van der Waals surface area contributed by atoms with Gasteiger partial charge in [0, 0.05) is 65.8 Å². The number of thiophene rings is 1. The number of benzene rings is 9. The van der Waals surface area contributed by atoms with E-state index in [1.807, 2.05) is 11.3 Å². The molecule has 11 aromatic rings. The molecule has 0 radical (unpaired) electrons. The third-order valence-electron chi connectivity index (χ3n) is 17.8. The first-order chi connectivity index (χ1) is 35.5. The van der Waals surface area contributed by atoms with Crippen molar-refractivity contribution in [3.8, 4) is 11.1 Å². The molecule has 2 aromatic heterocycles. The summed E-state index contributed by atoms with van der Waals surface area (Å²) in [7, 11) is 0. The van der Waals surface area contributed by atoms with Gasteiger partial charge in [0.15, 0.2) is 5.58 Å². The highest BCUT2D eigenvalue weighted by atomic mass is 32.1. The van der Waals surface area contributed by atoms with Crippen LogP contribution in [0.4, 0.5) is 45.5 Å². The lowest BCUT2D eigenvalue weighted by atomic mass is 9.33. The summed E-state index contributed by atoms with van der Waals surface area (Å²) in [6.45, 7) is 14.4. The lowest BCUT2D eigenvalue weighted by molar-refractivity contribution is 0.195. The second-order valence-corrected chi connectivity index (χ2v) is 23.9. The van der Waals surface area contributed by atoms with Crippen molar-refractivity contribution in [2.75, 3.05) is 14.7 Å². The van der Waals surface area contributed by atoms with Crippen LogP contribution in [0.3, 0.4) is 0 Å². The molecule has 0 saturated heterocycles. The van der Waals surface area contributed by atoms with Crippen molar-refractivity contribution in [2.24, 2.45) is 0 Å². The lowest BCUT2D eigenvalue weighted by Crippen LogP contribution is -2.61. The zero-order chi connectivity index (χ0) is 49.1. The van der Waals surface area contributed by atoms with Crippen LogP contribution in [0.1, 0.15) is 77.0 Å². The Morgan fingerprint density at radius 1 is 0.534 bits per heavy atom. The number of anilines is 8. The monoisotopic (exact) mass is 961 g/mol. The molecule has 0 N–H and O–H groups in total.